The van der Waals surface area contributed by atoms with E-state index in [9.17, 15) is 18.0 Å². The molecule has 88 valence electrons. The van der Waals surface area contributed by atoms with Crippen LogP contribution in [0.5, 0.6) is 0 Å². The lowest BCUT2D eigenvalue weighted by Crippen LogP contribution is -2.19. The number of amides is 1. The van der Waals surface area contributed by atoms with Crippen LogP contribution in [0.4, 0.5) is 18.9 Å². The second kappa shape index (κ2) is 4.03. The van der Waals surface area contributed by atoms with Crippen LogP contribution >= 0.6 is 0 Å². The van der Waals surface area contributed by atoms with Crippen molar-refractivity contribution in [2.45, 2.75) is 6.18 Å². The molecule has 1 amide bonds. The first-order valence-electron chi connectivity index (χ1n) is 4.42. The zero-order valence-electron chi connectivity index (χ0n) is 8.80. The number of halogens is 3. The molecular formula is C10H11F3N2O. The van der Waals surface area contributed by atoms with Gasteiger partial charge in [0.05, 0.1) is 5.56 Å². The largest absolute Gasteiger partial charge is 0.418 e. The van der Waals surface area contributed by atoms with Gasteiger partial charge in [0.25, 0.3) is 0 Å². The van der Waals surface area contributed by atoms with E-state index < -0.39 is 17.6 Å². The van der Waals surface area contributed by atoms with Crippen molar-refractivity contribution >= 4 is 11.6 Å². The van der Waals surface area contributed by atoms with Gasteiger partial charge in [0.1, 0.15) is 0 Å². The number of alkyl halides is 3. The average Bonchev–Trinajstić information content (AvgIpc) is 2.15. The summed E-state index contributed by atoms with van der Waals surface area (Å²) >= 11 is 0. The molecule has 2 N–H and O–H groups in total. The highest BCUT2D eigenvalue weighted by atomic mass is 19.4. The molecule has 0 aliphatic carbocycles. The molecule has 3 nitrogen and oxygen atoms in total. The number of anilines is 1. The Morgan fingerprint density at radius 2 is 1.88 bits per heavy atom. The summed E-state index contributed by atoms with van der Waals surface area (Å²) in [7, 11) is 2.99. The summed E-state index contributed by atoms with van der Waals surface area (Å²) in [5.41, 5.74) is 3.91. The summed E-state index contributed by atoms with van der Waals surface area (Å²) in [4.78, 5) is 12.1. The first kappa shape index (κ1) is 12.4. The monoisotopic (exact) mass is 232 g/mol. The van der Waals surface area contributed by atoms with E-state index in [1.165, 1.54) is 31.1 Å². The minimum Gasteiger partial charge on any atom is -0.377 e. The fraction of sp³-hybridized carbons (Fsp3) is 0.300. The van der Waals surface area contributed by atoms with Gasteiger partial charge in [0.2, 0.25) is 5.91 Å². The fourth-order valence-corrected chi connectivity index (χ4v) is 1.31. The lowest BCUT2D eigenvalue weighted by atomic mass is 10.1. The molecule has 0 fully saturated rings. The van der Waals surface area contributed by atoms with E-state index >= 15 is 0 Å². The average molecular weight is 232 g/mol. The van der Waals surface area contributed by atoms with Crippen LogP contribution in [0, 0.1) is 0 Å². The molecule has 1 aromatic rings. The van der Waals surface area contributed by atoms with Crippen LogP contribution in [0.1, 0.15) is 15.9 Å². The molecule has 0 aromatic heterocycles. The molecule has 16 heavy (non-hydrogen) atoms. The fourth-order valence-electron chi connectivity index (χ4n) is 1.31. The van der Waals surface area contributed by atoms with Gasteiger partial charge in [-0.25, -0.2) is 0 Å². The lowest BCUT2D eigenvalue weighted by molar-refractivity contribution is -0.137. The summed E-state index contributed by atoms with van der Waals surface area (Å²) in [5, 5.41) is 0. The maximum atomic E-state index is 12.7. The number of nitrogens with zero attached hydrogens (tertiary/aromatic N) is 1. The van der Waals surface area contributed by atoms with E-state index in [1.807, 2.05) is 0 Å². The van der Waals surface area contributed by atoms with Crippen molar-refractivity contribution in [3.8, 4) is 0 Å². The number of nitrogens with two attached hydrogens (primary N) is 1. The van der Waals surface area contributed by atoms with Gasteiger partial charge in [-0.15, -0.1) is 0 Å². The number of carbonyl (C=O) groups excluding carboxylic acids is 1. The quantitative estimate of drug-likeness (QED) is 0.846. The normalized spacial score (nSPS) is 11.3. The molecule has 0 radical (unpaired) electrons. The molecule has 0 atom stereocenters. The Labute approximate surface area is 90.6 Å². The van der Waals surface area contributed by atoms with Gasteiger partial charge in [0.15, 0.2) is 0 Å². The highest BCUT2D eigenvalue weighted by Crippen LogP contribution is 2.36. The Bertz CT molecular complexity index is 413. The smallest absolute Gasteiger partial charge is 0.377 e. The summed E-state index contributed by atoms with van der Waals surface area (Å²) in [6.07, 6.45) is -4.51. The number of benzene rings is 1. The highest BCUT2D eigenvalue weighted by molar-refractivity contribution is 5.93. The van der Waals surface area contributed by atoms with Crippen LogP contribution in [0.25, 0.3) is 0 Å². The second-order valence-electron chi connectivity index (χ2n) is 3.49. The van der Waals surface area contributed by atoms with Crippen molar-refractivity contribution in [2.75, 3.05) is 19.0 Å². The van der Waals surface area contributed by atoms with Crippen molar-refractivity contribution in [3.63, 3.8) is 0 Å². The summed E-state index contributed by atoms with van der Waals surface area (Å²) < 4.78 is 38.0. The van der Waals surface area contributed by atoms with Gasteiger partial charge in [0, 0.05) is 25.3 Å². The molecule has 0 bridgehead atoms. The van der Waals surface area contributed by atoms with Gasteiger partial charge in [-0.3, -0.25) is 4.79 Å². The molecule has 0 spiro atoms. The van der Waals surface area contributed by atoms with Crippen LogP contribution < -0.4 is 10.6 Å². The van der Waals surface area contributed by atoms with Crippen LogP contribution in [0.2, 0.25) is 0 Å². The third-order valence-corrected chi connectivity index (χ3v) is 2.07. The SMILES string of the molecule is CN(C)c1ccc(C(N)=O)cc1C(F)(F)F. The third kappa shape index (κ3) is 2.44. The molecule has 1 aromatic carbocycles. The van der Waals surface area contributed by atoms with Gasteiger partial charge in [-0.1, -0.05) is 0 Å². The Hall–Kier alpha value is -1.72. The standard InChI is InChI=1S/C10H11F3N2O/c1-15(2)8-4-3-6(9(14)16)5-7(8)10(11,12)13/h3-5H,1-2H3,(H2,14,16). The Kier molecular flexibility index (Phi) is 3.11. The van der Waals surface area contributed by atoms with E-state index in [4.69, 9.17) is 5.73 Å². The molecule has 0 saturated heterocycles. The van der Waals surface area contributed by atoms with E-state index in [-0.39, 0.29) is 11.3 Å². The Morgan fingerprint density at radius 1 is 1.31 bits per heavy atom. The lowest BCUT2D eigenvalue weighted by Gasteiger charge is -2.19. The Balaban J connectivity index is 3.39. The van der Waals surface area contributed by atoms with Crippen molar-refractivity contribution in [3.05, 3.63) is 29.3 Å². The number of hydrogen-bond acceptors (Lipinski definition) is 2. The third-order valence-electron chi connectivity index (χ3n) is 2.07. The molecule has 0 aliphatic heterocycles. The zero-order chi connectivity index (χ0) is 12.5. The minimum absolute atomic E-state index is 0.00231. The van der Waals surface area contributed by atoms with Crippen LogP contribution in [-0.4, -0.2) is 20.0 Å². The van der Waals surface area contributed by atoms with E-state index in [2.05, 4.69) is 0 Å². The number of rotatable bonds is 2. The second-order valence-corrected chi connectivity index (χ2v) is 3.49. The number of carbonyl (C=O) groups is 1. The molecule has 0 aliphatic rings. The summed E-state index contributed by atoms with van der Waals surface area (Å²) in [6.45, 7) is 0. The van der Waals surface area contributed by atoms with Gasteiger partial charge in [-0.2, -0.15) is 13.2 Å². The zero-order valence-corrected chi connectivity index (χ0v) is 8.80. The van der Waals surface area contributed by atoms with Gasteiger partial charge in [-0.05, 0) is 18.2 Å². The maximum Gasteiger partial charge on any atom is 0.418 e. The maximum absolute atomic E-state index is 12.7. The summed E-state index contributed by atoms with van der Waals surface area (Å²) in [6, 6.07) is 3.26. The van der Waals surface area contributed by atoms with Crippen molar-refractivity contribution in [2.24, 2.45) is 5.73 Å². The van der Waals surface area contributed by atoms with E-state index in [0.717, 1.165) is 6.07 Å². The molecule has 6 heteroatoms. The first-order chi connectivity index (χ1) is 7.23. The predicted octanol–water partition coefficient (Wildman–Crippen LogP) is 1.87. The van der Waals surface area contributed by atoms with E-state index in [1.54, 1.807) is 0 Å². The molecular weight excluding hydrogens is 221 g/mol. The van der Waals surface area contributed by atoms with Gasteiger partial charge >= 0.3 is 6.18 Å². The summed E-state index contributed by atoms with van der Waals surface area (Å²) in [5.74, 6) is -0.879. The van der Waals surface area contributed by atoms with Crippen molar-refractivity contribution < 1.29 is 18.0 Å². The first-order valence-corrected chi connectivity index (χ1v) is 4.42. The van der Waals surface area contributed by atoms with Crippen molar-refractivity contribution in [1.82, 2.24) is 0 Å². The Morgan fingerprint density at radius 3 is 2.25 bits per heavy atom. The van der Waals surface area contributed by atoms with Crippen LogP contribution in [-0.2, 0) is 6.18 Å². The number of primary amides is 1. The molecule has 0 saturated carbocycles. The van der Waals surface area contributed by atoms with Crippen molar-refractivity contribution in [1.29, 1.82) is 0 Å². The highest BCUT2D eigenvalue weighted by Gasteiger charge is 2.34. The van der Waals surface area contributed by atoms with Crippen LogP contribution in [0.15, 0.2) is 18.2 Å². The molecule has 0 heterocycles. The topological polar surface area (TPSA) is 46.3 Å². The molecule has 0 unspecified atom stereocenters. The number of hydrogen-bond donors (Lipinski definition) is 1. The van der Waals surface area contributed by atoms with Crippen LogP contribution in [0.3, 0.4) is 0 Å². The molecule has 1 rings (SSSR count). The predicted molar refractivity (Wildman–Crippen MR) is 54.3 cm³/mol. The van der Waals surface area contributed by atoms with Gasteiger partial charge < -0.3 is 10.6 Å². The minimum atomic E-state index is -4.51. The van der Waals surface area contributed by atoms with E-state index in [0.29, 0.717) is 0 Å².